The first-order valence-corrected chi connectivity index (χ1v) is 8.29. The van der Waals surface area contributed by atoms with Crippen LogP contribution in [-0.4, -0.2) is 43.7 Å². The van der Waals surface area contributed by atoms with Gasteiger partial charge in [0.25, 0.3) is 0 Å². The number of nitrogens with one attached hydrogen (secondary N) is 1. The molecule has 0 aromatic heterocycles. The smallest absolute Gasteiger partial charge is 0.123 e. The third kappa shape index (κ3) is 3.41. The summed E-state index contributed by atoms with van der Waals surface area (Å²) in [5.74, 6) is 1.10. The van der Waals surface area contributed by atoms with Gasteiger partial charge in [0.2, 0.25) is 0 Å². The first kappa shape index (κ1) is 14.9. The molecule has 21 heavy (non-hydrogen) atoms. The van der Waals surface area contributed by atoms with E-state index in [1.807, 2.05) is 0 Å². The van der Waals surface area contributed by atoms with Crippen molar-refractivity contribution in [3.63, 3.8) is 0 Å². The van der Waals surface area contributed by atoms with Crippen molar-refractivity contribution in [3.05, 3.63) is 29.3 Å². The number of nitrogens with zero attached hydrogens (tertiary/aromatic N) is 1. The summed E-state index contributed by atoms with van der Waals surface area (Å²) in [6.45, 7) is 3.20. The van der Waals surface area contributed by atoms with Crippen molar-refractivity contribution >= 4 is 0 Å². The van der Waals surface area contributed by atoms with Crippen LogP contribution < -0.4 is 10.1 Å². The summed E-state index contributed by atoms with van der Waals surface area (Å²) in [6, 6.07) is 7.99. The Morgan fingerprint density at radius 3 is 2.71 bits per heavy atom. The lowest BCUT2D eigenvalue weighted by Crippen LogP contribution is -2.43. The van der Waals surface area contributed by atoms with E-state index in [4.69, 9.17) is 4.74 Å². The van der Waals surface area contributed by atoms with Gasteiger partial charge in [0.05, 0.1) is 0 Å². The lowest BCUT2D eigenvalue weighted by Gasteiger charge is -2.35. The summed E-state index contributed by atoms with van der Waals surface area (Å²) in [5, 5.41) is 3.41. The van der Waals surface area contributed by atoms with Crippen molar-refractivity contribution in [3.8, 4) is 5.75 Å². The highest BCUT2D eigenvalue weighted by Gasteiger charge is 2.28. The highest BCUT2D eigenvalue weighted by atomic mass is 16.5. The molecule has 1 heterocycles. The molecule has 1 unspecified atom stereocenters. The number of benzene rings is 1. The second-order valence-corrected chi connectivity index (χ2v) is 6.79. The number of fused-ring (bicyclic) bond motifs is 1. The van der Waals surface area contributed by atoms with Crippen molar-refractivity contribution < 1.29 is 4.74 Å². The largest absolute Gasteiger partial charge is 0.488 e. The van der Waals surface area contributed by atoms with Crippen molar-refractivity contribution in [1.29, 1.82) is 0 Å². The predicted molar refractivity (Wildman–Crippen MR) is 87.0 cm³/mol. The van der Waals surface area contributed by atoms with Crippen molar-refractivity contribution in [2.75, 3.05) is 20.6 Å². The zero-order chi connectivity index (χ0) is 14.8. The molecule has 1 aromatic rings. The lowest BCUT2D eigenvalue weighted by atomic mass is 9.90. The molecule has 2 aliphatic rings. The highest BCUT2D eigenvalue weighted by molar-refractivity contribution is 5.40. The van der Waals surface area contributed by atoms with Gasteiger partial charge >= 0.3 is 0 Å². The van der Waals surface area contributed by atoms with Crippen LogP contribution >= 0.6 is 0 Å². The third-order valence-corrected chi connectivity index (χ3v) is 5.18. The number of rotatable bonds is 4. The molecule has 0 spiro atoms. The maximum absolute atomic E-state index is 6.11. The molecule has 0 bridgehead atoms. The molecule has 3 nitrogen and oxygen atoms in total. The number of hydrogen-bond acceptors (Lipinski definition) is 3. The Morgan fingerprint density at radius 1 is 1.24 bits per heavy atom. The molecule has 116 valence electrons. The van der Waals surface area contributed by atoms with Gasteiger partial charge in [-0.15, -0.1) is 0 Å². The lowest BCUT2D eigenvalue weighted by molar-refractivity contribution is 0.114. The van der Waals surface area contributed by atoms with Crippen LogP contribution in [0, 0.1) is 6.92 Å². The summed E-state index contributed by atoms with van der Waals surface area (Å²) in [7, 11) is 4.35. The maximum Gasteiger partial charge on any atom is 0.123 e. The van der Waals surface area contributed by atoms with Gasteiger partial charge in [0.15, 0.2) is 0 Å². The third-order valence-electron chi connectivity index (χ3n) is 5.18. The number of aryl methyl sites for hydroxylation is 1. The van der Waals surface area contributed by atoms with Crippen LogP contribution in [0.1, 0.15) is 36.8 Å². The first-order chi connectivity index (χ1) is 10.2. The summed E-state index contributed by atoms with van der Waals surface area (Å²) in [6.07, 6.45) is 6.61. The fourth-order valence-corrected chi connectivity index (χ4v) is 3.83. The van der Waals surface area contributed by atoms with Crippen LogP contribution in [0.4, 0.5) is 0 Å². The average Bonchev–Trinajstić information content (AvgIpc) is 2.88. The normalized spacial score (nSPS) is 28.5. The SMILES string of the molecule is CNC1CCC(N(C)CC2Cc3cc(C)ccc3O2)CC1. The Labute approximate surface area is 128 Å². The Kier molecular flexibility index (Phi) is 4.51. The van der Waals surface area contributed by atoms with Crippen LogP contribution in [0.3, 0.4) is 0 Å². The van der Waals surface area contributed by atoms with Gasteiger partial charge in [-0.1, -0.05) is 17.7 Å². The summed E-state index contributed by atoms with van der Waals surface area (Å²) in [5.41, 5.74) is 2.71. The van der Waals surface area contributed by atoms with Gasteiger partial charge in [-0.2, -0.15) is 0 Å². The minimum atomic E-state index is 0.328. The summed E-state index contributed by atoms with van der Waals surface area (Å²) < 4.78 is 6.11. The fraction of sp³-hybridized carbons (Fsp3) is 0.667. The van der Waals surface area contributed by atoms with E-state index in [-0.39, 0.29) is 0 Å². The molecule has 1 N–H and O–H groups in total. The molecule has 3 rings (SSSR count). The van der Waals surface area contributed by atoms with E-state index < -0.39 is 0 Å². The Bertz CT molecular complexity index is 480. The van der Waals surface area contributed by atoms with E-state index in [0.29, 0.717) is 6.10 Å². The Balaban J connectivity index is 1.52. The molecule has 1 atom stereocenters. The van der Waals surface area contributed by atoms with Gasteiger partial charge in [-0.3, -0.25) is 4.90 Å². The van der Waals surface area contributed by atoms with Crippen LogP contribution in [0.2, 0.25) is 0 Å². The second kappa shape index (κ2) is 6.37. The Hall–Kier alpha value is -1.06. The molecule has 1 aromatic carbocycles. The van der Waals surface area contributed by atoms with Gasteiger partial charge < -0.3 is 10.1 Å². The van der Waals surface area contributed by atoms with Crippen molar-refractivity contribution in [2.24, 2.45) is 0 Å². The molecule has 3 heteroatoms. The van der Waals surface area contributed by atoms with Crippen molar-refractivity contribution in [2.45, 2.75) is 57.2 Å². The Morgan fingerprint density at radius 2 is 2.00 bits per heavy atom. The van der Waals surface area contributed by atoms with Gasteiger partial charge in [-0.25, -0.2) is 0 Å². The molecule has 0 amide bonds. The fourth-order valence-electron chi connectivity index (χ4n) is 3.83. The summed E-state index contributed by atoms with van der Waals surface area (Å²) in [4.78, 5) is 2.52. The van der Waals surface area contributed by atoms with Crippen LogP contribution in [-0.2, 0) is 6.42 Å². The summed E-state index contributed by atoms with van der Waals surface area (Å²) >= 11 is 0. The average molecular weight is 288 g/mol. The predicted octanol–water partition coefficient (Wildman–Crippen LogP) is 2.76. The standard InChI is InChI=1S/C18H28N2O/c1-13-4-9-18-14(10-13)11-17(21-18)12-20(3)16-7-5-15(19-2)6-8-16/h4,9-10,15-17,19H,5-8,11-12H2,1-3H3. The van der Waals surface area contributed by atoms with Crippen LogP contribution in [0.5, 0.6) is 5.75 Å². The van der Waals surface area contributed by atoms with Crippen LogP contribution in [0.15, 0.2) is 18.2 Å². The first-order valence-electron chi connectivity index (χ1n) is 8.29. The van der Waals surface area contributed by atoms with Gasteiger partial charge in [0, 0.05) is 25.0 Å². The maximum atomic E-state index is 6.11. The van der Waals surface area contributed by atoms with Gasteiger partial charge in [0.1, 0.15) is 11.9 Å². The van der Waals surface area contributed by atoms with E-state index in [1.54, 1.807) is 0 Å². The molecule has 1 aliphatic heterocycles. The van der Waals surface area contributed by atoms with Gasteiger partial charge in [-0.05, 0) is 58.3 Å². The zero-order valence-corrected chi connectivity index (χ0v) is 13.6. The van der Waals surface area contributed by atoms with Crippen LogP contribution in [0.25, 0.3) is 0 Å². The number of hydrogen-bond donors (Lipinski definition) is 1. The number of ether oxygens (including phenoxy) is 1. The molecule has 1 saturated carbocycles. The molecular weight excluding hydrogens is 260 g/mol. The van der Waals surface area contributed by atoms with E-state index >= 15 is 0 Å². The van der Waals surface area contributed by atoms with Crippen molar-refractivity contribution in [1.82, 2.24) is 10.2 Å². The highest BCUT2D eigenvalue weighted by Crippen LogP contribution is 2.30. The molecule has 0 radical (unpaired) electrons. The zero-order valence-electron chi connectivity index (χ0n) is 13.6. The second-order valence-electron chi connectivity index (χ2n) is 6.79. The molecule has 1 fully saturated rings. The quantitative estimate of drug-likeness (QED) is 0.922. The topological polar surface area (TPSA) is 24.5 Å². The molecular formula is C18H28N2O. The molecule has 0 saturated heterocycles. The van der Waals surface area contributed by atoms with E-state index in [2.05, 4.69) is 49.4 Å². The monoisotopic (exact) mass is 288 g/mol. The minimum absolute atomic E-state index is 0.328. The minimum Gasteiger partial charge on any atom is -0.488 e. The van der Waals surface area contributed by atoms with E-state index in [9.17, 15) is 0 Å². The number of likely N-dealkylation sites (N-methyl/N-ethyl adjacent to an activating group) is 1. The van der Waals surface area contributed by atoms with E-state index in [1.165, 1.54) is 36.8 Å². The molecule has 1 aliphatic carbocycles. The van der Waals surface area contributed by atoms with E-state index in [0.717, 1.165) is 30.8 Å².